The first-order valence-electron chi connectivity index (χ1n) is 8.23. The molecule has 0 spiro atoms. The maximum atomic E-state index is 12.2. The zero-order valence-corrected chi connectivity index (χ0v) is 14.0. The van der Waals surface area contributed by atoms with Crippen molar-refractivity contribution in [1.29, 1.82) is 0 Å². The van der Waals surface area contributed by atoms with Gasteiger partial charge in [0.2, 0.25) is 5.91 Å². The number of rotatable bonds is 7. The molecule has 0 bridgehead atoms. The molecule has 0 aliphatic heterocycles. The van der Waals surface area contributed by atoms with Crippen molar-refractivity contribution in [1.82, 2.24) is 29.6 Å². The minimum atomic E-state index is -0.156. The molecule has 3 rings (SSSR count). The minimum absolute atomic E-state index is 0.0182. The monoisotopic (exact) mass is 326 g/mol. The normalized spacial score (nSPS) is 12.4. The summed E-state index contributed by atoms with van der Waals surface area (Å²) in [5, 5.41) is 7.01. The van der Waals surface area contributed by atoms with E-state index in [4.69, 9.17) is 0 Å². The van der Waals surface area contributed by atoms with Gasteiger partial charge in [0.05, 0.1) is 23.5 Å². The number of nitrogens with zero attached hydrogens (tertiary/aromatic N) is 5. The molecule has 0 saturated carbocycles. The summed E-state index contributed by atoms with van der Waals surface area (Å²) in [4.78, 5) is 20.7. The van der Waals surface area contributed by atoms with Crippen molar-refractivity contribution >= 4 is 16.9 Å². The van der Waals surface area contributed by atoms with Crippen molar-refractivity contribution < 1.29 is 4.79 Å². The summed E-state index contributed by atoms with van der Waals surface area (Å²) in [6, 6.07) is 8.11. The van der Waals surface area contributed by atoms with Gasteiger partial charge in [-0.1, -0.05) is 19.1 Å². The molecular formula is C17H22N6O. The van der Waals surface area contributed by atoms with Crippen LogP contribution in [-0.4, -0.2) is 36.8 Å². The van der Waals surface area contributed by atoms with E-state index in [9.17, 15) is 4.79 Å². The Morgan fingerprint density at radius 1 is 1.33 bits per heavy atom. The molecule has 1 unspecified atom stereocenters. The molecule has 2 aromatic heterocycles. The zero-order valence-electron chi connectivity index (χ0n) is 14.0. The molecule has 3 aromatic rings. The summed E-state index contributed by atoms with van der Waals surface area (Å²) in [6.07, 6.45) is 3.80. The predicted molar refractivity (Wildman–Crippen MR) is 91.3 cm³/mol. The van der Waals surface area contributed by atoms with Gasteiger partial charge in [0.15, 0.2) is 0 Å². The van der Waals surface area contributed by atoms with Crippen LogP contribution in [0.3, 0.4) is 0 Å². The van der Waals surface area contributed by atoms with Crippen LogP contribution in [0, 0.1) is 5.92 Å². The first-order chi connectivity index (χ1) is 11.7. The SMILES string of the molecule is CCn1c(CCNC(=O)C(C)Cn2cncn2)nc2ccccc21. The number of aromatic nitrogens is 5. The van der Waals surface area contributed by atoms with E-state index >= 15 is 0 Å². The molecule has 2 heterocycles. The van der Waals surface area contributed by atoms with Gasteiger partial charge >= 0.3 is 0 Å². The fourth-order valence-electron chi connectivity index (χ4n) is 2.83. The molecule has 7 heteroatoms. The highest BCUT2D eigenvalue weighted by molar-refractivity contribution is 5.78. The number of carbonyl (C=O) groups excluding carboxylic acids is 1. The number of aryl methyl sites for hydroxylation is 1. The minimum Gasteiger partial charge on any atom is -0.355 e. The fourth-order valence-corrected chi connectivity index (χ4v) is 2.83. The van der Waals surface area contributed by atoms with E-state index in [0.717, 1.165) is 23.4 Å². The summed E-state index contributed by atoms with van der Waals surface area (Å²) in [7, 11) is 0. The van der Waals surface area contributed by atoms with Gasteiger partial charge in [-0.3, -0.25) is 9.48 Å². The highest BCUT2D eigenvalue weighted by Crippen LogP contribution is 2.16. The first kappa shape index (κ1) is 16.2. The molecule has 126 valence electrons. The van der Waals surface area contributed by atoms with Gasteiger partial charge < -0.3 is 9.88 Å². The molecule has 1 amide bonds. The molecule has 0 aliphatic rings. The third-order valence-electron chi connectivity index (χ3n) is 4.07. The van der Waals surface area contributed by atoms with E-state index in [2.05, 4.69) is 37.9 Å². The fraction of sp³-hybridized carbons (Fsp3) is 0.412. The number of hydrogen-bond acceptors (Lipinski definition) is 4. The van der Waals surface area contributed by atoms with Crippen LogP contribution < -0.4 is 5.32 Å². The molecule has 1 N–H and O–H groups in total. The van der Waals surface area contributed by atoms with Crippen LogP contribution in [0.2, 0.25) is 0 Å². The molecule has 24 heavy (non-hydrogen) atoms. The van der Waals surface area contributed by atoms with E-state index in [-0.39, 0.29) is 11.8 Å². The van der Waals surface area contributed by atoms with Crippen LogP contribution in [0.25, 0.3) is 11.0 Å². The summed E-state index contributed by atoms with van der Waals surface area (Å²) in [6.45, 7) is 5.96. The standard InChI is InChI=1S/C17H22N6O/c1-3-23-15-7-5-4-6-14(15)21-16(23)8-9-19-17(24)13(2)10-22-12-18-11-20-22/h4-7,11-13H,3,8-10H2,1-2H3,(H,19,24). The highest BCUT2D eigenvalue weighted by Gasteiger charge is 2.14. The largest absolute Gasteiger partial charge is 0.355 e. The Labute approximate surface area is 140 Å². The quantitative estimate of drug-likeness (QED) is 0.716. The number of benzene rings is 1. The lowest BCUT2D eigenvalue weighted by Crippen LogP contribution is -2.33. The van der Waals surface area contributed by atoms with Crippen molar-refractivity contribution in [2.45, 2.75) is 33.4 Å². The van der Waals surface area contributed by atoms with Gasteiger partial charge in [-0.15, -0.1) is 0 Å². The Hall–Kier alpha value is -2.70. The van der Waals surface area contributed by atoms with Gasteiger partial charge in [-0.2, -0.15) is 5.10 Å². The Balaban J connectivity index is 1.57. The van der Waals surface area contributed by atoms with E-state index in [1.165, 1.54) is 6.33 Å². The van der Waals surface area contributed by atoms with Gasteiger partial charge in [-0.25, -0.2) is 9.97 Å². The first-order valence-corrected chi connectivity index (χ1v) is 8.23. The predicted octanol–water partition coefficient (Wildman–Crippen LogP) is 1.64. The lowest BCUT2D eigenvalue weighted by molar-refractivity contribution is -0.124. The van der Waals surface area contributed by atoms with Crippen molar-refractivity contribution in [3.05, 3.63) is 42.7 Å². The number of carbonyl (C=O) groups is 1. The molecule has 1 atom stereocenters. The lowest BCUT2D eigenvalue weighted by atomic mass is 10.1. The van der Waals surface area contributed by atoms with Crippen molar-refractivity contribution in [3.8, 4) is 0 Å². The zero-order chi connectivity index (χ0) is 16.9. The topological polar surface area (TPSA) is 77.6 Å². The average Bonchev–Trinajstić information content (AvgIpc) is 3.21. The third kappa shape index (κ3) is 3.45. The molecule has 0 saturated heterocycles. The Bertz CT molecular complexity index is 808. The highest BCUT2D eigenvalue weighted by atomic mass is 16.1. The van der Waals surface area contributed by atoms with Gasteiger partial charge in [0, 0.05) is 19.5 Å². The van der Waals surface area contributed by atoms with Crippen LogP contribution in [0.15, 0.2) is 36.9 Å². The van der Waals surface area contributed by atoms with Crippen LogP contribution in [0.5, 0.6) is 0 Å². The molecule has 0 aliphatic carbocycles. The molecule has 0 fully saturated rings. The van der Waals surface area contributed by atoms with E-state index in [1.807, 2.05) is 25.1 Å². The molecule has 0 radical (unpaired) electrons. The Morgan fingerprint density at radius 3 is 2.92 bits per heavy atom. The van der Waals surface area contributed by atoms with Gasteiger partial charge in [0.25, 0.3) is 0 Å². The summed E-state index contributed by atoms with van der Waals surface area (Å²) in [5.74, 6) is 0.865. The van der Waals surface area contributed by atoms with Crippen molar-refractivity contribution in [2.24, 2.45) is 5.92 Å². The second kappa shape index (κ2) is 7.25. The summed E-state index contributed by atoms with van der Waals surface area (Å²) >= 11 is 0. The van der Waals surface area contributed by atoms with E-state index in [1.54, 1.807) is 11.0 Å². The Morgan fingerprint density at radius 2 is 2.17 bits per heavy atom. The van der Waals surface area contributed by atoms with Crippen molar-refractivity contribution in [3.63, 3.8) is 0 Å². The molecule has 1 aromatic carbocycles. The molecular weight excluding hydrogens is 304 g/mol. The number of nitrogens with one attached hydrogen (secondary N) is 1. The number of fused-ring (bicyclic) bond motifs is 1. The number of hydrogen-bond donors (Lipinski definition) is 1. The van der Waals surface area contributed by atoms with E-state index in [0.29, 0.717) is 19.5 Å². The van der Waals surface area contributed by atoms with E-state index < -0.39 is 0 Å². The smallest absolute Gasteiger partial charge is 0.224 e. The van der Waals surface area contributed by atoms with Gasteiger partial charge in [-0.05, 0) is 19.1 Å². The van der Waals surface area contributed by atoms with Crippen LogP contribution in [0.1, 0.15) is 19.7 Å². The van der Waals surface area contributed by atoms with Crippen LogP contribution in [-0.2, 0) is 24.3 Å². The second-order valence-electron chi connectivity index (χ2n) is 5.82. The Kier molecular flexibility index (Phi) is 4.88. The average molecular weight is 326 g/mol. The maximum Gasteiger partial charge on any atom is 0.224 e. The molecule has 7 nitrogen and oxygen atoms in total. The number of amides is 1. The number of imidazole rings is 1. The second-order valence-corrected chi connectivity index (χ2v) is 5.82. The lowest BCUT2D eigenvalue weighted by Gasteiger charge is -2.12. The van der Waals surface area contributed by atoms with Crippen LogP contribution >= 0.6 is 0 Å². The maximum absolute atomic E-state index is 12.2. The summed E-state index contributed by atoms with van der Waals surface area (Å²) < 4.78 is 3.86. The van der Waals surface area contributed by atoms with Gasteiger partial charge in [0.1, 0.15) is 18.5 Å². The van der Waals surface area contributed by atoms with Crippen LogP contribution in [0.4, 0.5) is 0 Å². The summed E-state index contributed by atoms with van der Waals surface area (Å²) in [5.41, 5.74) is 2.14. The third-order valence-corrected chi connectivity index (χ3v) is 4.07. The number of para-hydroxylation sites is 2. The van der Waals surface area contributed by atoms with Crippen molar-refractivity contribution in [2.75, 3.05) is 6.54 Å².